The summed E-state index contributed by atoms with van der Waals surface area (Å²) in [5, 5.41) is 5.74. The molecule has 0 N–H and O–H groups in total. The van der Waals surface area contributed by atoms with Crippen LogP contribution in [0.15, 0.2) is 91.0 Å². The molecule has 42 heavy (non-hydrogen) atoms. The van der Waals surface area contributed by atoms with E-state index in [0.717, 1.165) is 18.7 Å². The summed E-state index contributed by atoms with van der Waals surface area (Å²) >= 11 is 0. The molecule has 5 aromatic rings. The molecule has 3 heterocycles. The monoisotopic (exact) mass is 552 g/mol. The highest BCUT2D eigenvalue weighted by atomic mass is 15.4. The average molecular weight is 553 g/mol. The van der Waals surface area contributed by atoms with Crippen molar-refractivity contribution in [3.63, 3.8) is 0 Å². The van der Waals surface area contributed by atoms with Gasteiger partial charge >= 0.3 is 5.82 Å². The van der Waals surface area contributed by atoms with E-state index < -0.39 is 0 Å². The Hall–Kier alpha value is -3.98. The fourth-order valence-corrected chi connectivity index (χ4v) is 7.82. The van der Waals surface area contributed by atoms with Crippen LogP contribution in [0.1, 0.15) is 89.0 Å². The molecule has 0 fully saturated rings. The summed E-state index contributed by atoms with van der Waals surface area (Å²) in [5.41, 5.74) is 11.3. The zero-order valence-corrected chi connectivity index (χ0v) is 26.1. The van der Waals surface area contributed by atoms with E-state index in [1.54, 1.807) is 0 Å². The number of rotatable bonds is 4. The van der Waals surface area contributed by atoms with Gasteiger partial charge in [0.1, 0.15) is 11.2 Å². The predicted octanol–water partition coefficient (Wildman–Crippen LogP) is 9.36. The molecule has 0 spiro atoms. The van der Waals surface area contributed by atoms with Gasteiger partial charge in [-0.25, -0.2) is 0 Å². The molecule has 4 bridgehead atoms. The van der Waals surface area contributed by atoms with Crippen LogP contribution >= 0.6 is 0 Å². The van der Waals surface area contributed by atoms with E-state index in [0.29, 0.717) is 11.8 Å². The van der Waals surface area contributed by atoms with Crippen molar-refractivity contribution < 1.29 is 4.57 Å². The molecule has 7 rings (SSSR count). The minimum absolute atomic E-state index is 0.120. The lowest BCUT2D eigenvalue weighted by Gasteiger charge is -2.47. The van der Waals surface area contributed by atoms with Crippen molar-refractivity contribution in [2.45, 2.75) is 84.1 Å². The van der Waals surface area contributed by atoms with Crippen LogP contribution in [0.3, 0.4) is 0 Å². The van der Waals surface area contributed by atoms with Gasteiger partial charge in [0.25, 0.3) is 5.82 Å². The summed E-state index contributed by atoms with van der Waals surface area (Å²) < 4.78 is 4.98. The Morgan fingerprint density at radius 2 is 1.38 bits per heavy atom. The summed E-state index contributed by atoms with van der Waals surface area (Å²) in [4.78, 5) is 0. The second kappa shape index (κ2) is 9.52. The lowest BCUT2D eigenvalue weighted by molar-refractivity contribution is -0.574. The maximum atomic E-state index is 5.74. The first-order chi connectivity index (χ1) is 20.2. The maximum absolute atomic E-state index is 5.74. The Bertz CT molecular complexity index is 1810. The molecule has 2 aliphatic heterocycles. The van der Waals surface area contributed by atoms with Gasteiger partial charge in [0, 0.05) is 16.9 Å². The Balaban J connectivity index is 1.74. The largest absolute Gasteiger partial charge is 0.314 e. The van der Waals surface area contributed by atoms with Gasteiger partial charge < -0.3 is 0 Å². The third kappa shape index (κ3) is 3.58. The molecule has 0 radical (unpaired) electrons. The number of fused-ring (bicyclic) bond motifs is 8. The van der Waals surface area contributed by atoms with Crippen molar-refractivity contribution in [2.24, 2.45) is 0 Å². The first kappa shape index (κ1) is 26.9. The molecular formula is C39H42N3+. The molecule has 3 nitrogen and oxygen atoms in total. The summed E-state index contributed by atoms with van der Waals surface area (Å²) in [6.45, 7) is 16.5. The zero-order chi connectivity index (χ0) is 29.4. The standard InChI is InChI=1S/C39H42N3/c1-8-38(6)34-22-12-11-19-33(34)37-41(35-29(25(2)3)20-14-21-30(35)26(4)5)36-32-18-10-9-17-31(32)28-16-13-15-27(23-28)24-39(38,7)42(37)40-36/h9-23,25-26H,8,24H2,1-7H3/q+1. The van der Waals surface area contributed by atoms with Crippen molar-refractivity contribution in [3.05, 3.63) is 113 Å². The van der Waals surface area contributed by atoms with Crippen molar-refractivity contribution in [2.75, 3.05) is 0 Å². The third-order valence-electron chi connectivity index (χ3n) is 10.5. The lowest BCUT2D eigenvalue weighted by atomic mass is 9.60. The van der Waals surface area contributed by atoms with E-state index in [1.165, 1.54) is 56.0 Å². The van der Waals surface area contributed by atoms with Gasteiger partial charge in [0.05, 0.1) is 11.1 Å². The SMILES string of the molecule is CCC1(C)c2ccccc2-c2n3nc([n+]2-c2c(C(C)C)cccc2C(C)C)-c2ccccc2-c2cccc(c2)CC31C. The van der Waals surface area contributed by atoms with Crippen LogP contribution in [0.25, 0.3) is 39.6 Å². The van der Waals surface area contributed by atoms with Crippen LogP contribution < -0.4 is 4.57 Å². The number of benzene rings is 4. The van der Waals surface area contributed by atoms with Crippen LogP contribution in [-0.4, -0.2) is 9.78 Å². The van der Waals surface area contributed by atoms with Crippen LogP contribution in [0.4, 0.5) is 0 Å². The van der Waals surface area contributed by atoms with E-state index >= 15 is 0 Å². The van der Waals surface area contributed by atoms with E-state index in [-0.39, 0.29) is 11.0 Å². The van der Waals surface area contributed by atoms with Crippen molar-refractivity contribution in [3.8, 4) is 39.6 Å². The molecule has 0 amide bonds. The average Bonchev–Trinajstić information content (AvgIpc) is 3.40. The zero-order valence-electron chi connectivity index (χ0n) is 26.1. The molecule has 0 saturated carbocycles. The van der Waals surface area contributed by atoms with Gasteiger partial charge in [-0.05, 0) is 70.7 Å². The molecule has 0 aliphatic carbocycles. The van der Waals surface area contributed by atoms with Gasteiger partial charge in [0.2, 0.25) is 0 Å². The maximum Gasteiger partial charge on any atom is 0.314 e. The Labute approximate surface area is 250 Å². The number of aromatic nitrogens is 3. The van der Waals surface area contributed by atoms with Crippen LogP contribution in [-0.2, 0) is 17.4 Å². The van der Waals surface area contributed by atoms with E-state index in [1.807, 2.05) is 0 Å². The minimum Gasteiger partial charge on any atom is -0.189 e. The second-order valence-electron chi connectivity index (χ2n) is 13.4. The summed E-state index contributed by atoms with van der Waals surface area (Å²) in [6, 6.07) is 34.1. The molecule has 2 unspecified atom stereocenters. The minimum atomic E-state index is -0.291. The third-order valence-corrected chi connectivity index (χ3v) is 10.5. The molecule has 2 aliphatic rings. The quantitative estimate of drug-likeness (QED) is 0.204. The summed E-state index contributed by atoms with van der Waals surface area (Å²) in [5.74, 6) is 2.93. The van der Waals surface area contributed by atoms with Gasteiger partial charge in [-0.15, -0.1) is 0 Å². The normalized spacial score (nSPS) is 20.4. The van der Waals surface area contributed by atoms with E-state index in [9.17, 15) is 0 Å². The molecule has 2 atom stereocenters. The highest BCUT2D eigenvalue weighted by Crippen LogP contribution is 2.53. The first-order valence-corrected chi connectivity index (χ1v) is 15.7. The van der Waals surface area contributed by atoms with E-state index in [4.69, 9.17) is 5.10 Å². The molecular weight excluding hydrogens is 510 g/mol. The highest BCUT2D eigenvalue weighted by molar-refractivity contribution is 5.81. The summed E-state index contributed by atoms with van der Waals surface area (Å²) in [7, 11) is 0. The van der Waals surface area contributed by atoms with E-state index in [2.05, 4.69) is 149 Å². The summed E-state index contributed by atoms with van der Waals surface area (Å²) in [6.07, 6.45) is 1.92. The number of nitrogens with zero attached hydrogens (tertiary/aromatic N) is 3. The Kier molecular flexibility index (Phi) is 6.10. The van der Waals surface area contributed by atoms with Gasteiger partial charge in [-0.2, -0.15) is 4.57 Å². The van der Waals surface area contributed by atoms with Crippen LogP contribution in [0.5, 0.6) is 0 Å². The second-order valence-corrected chi connectivity index (χ2v) is 13.4. The predicted molar refractivity (Wildman–Crippen MR) is 173 cm³/mol. The van der Waals surface area contributed by atoms with Crippen molar-refractivity contribution in [1.82, 2.24) is 9.78 Å². The number of hydrogen-bond acceptors (Lipinski definition) is 1. The topological polar surface area (TPSA) is 21.7 Å². The van der Waals surface area contributed by atoms with Crippen LogP contribution in [0.2, 0.25) is 0 Å². The lowest BCUT2D eigenvalue weighted by Crippen LogP contribution is -2.55. The first-order valence-electron chi connectivity index (χ1n) is 15.7. The van der Waals surface area contributed by atoms with Crippen LogP contribution in [0, 0.1) is 0 Å². The Morgan fingerprint density at radius 3 is 2.05 bits per heavy atom. The number of hydrogen-bond donors (Lipinski definition) is 0. The fourth-order valence-electron chi connectivity index (χ4n) is 7.82. The van der Waals surface area contributed by atoms with Crippen molar-refractivity contribution >= 4 is 0 Å². The number of para-hydroxylation sites is 1. The van der Waals surface area contributed by atoms with Crippen molar-refractivity contribution in [1.29, 1.82) is 0 Å². The molecule has 4 aromatic carbocycles. The smallest absolute Gasteiger partial charge is 0.189 e. The Morgan fingerprint density at radius 1 is 0.762 bits per heavy atom. The van der Waals surface area contributed by atoms with Gasteiger partial charge in [-0.3, -0.25) is 0 Å². The molecule has 212 valence electrons. The molecule has 3 heteroatoms. The highest BCUT2D eigenvalue weighted by Gasteiger charge is 2.58. The fraction of sp³-hybridized carbons (Fsp3) is 0.333. The van der Waals surface area contributed by atoms with Gasteiger partial charge in [0.15, 0.2) is 0 Å². The molecule has 0 saturated heterocycles. The molecule has 1 aromatic heterocycles. The van der Waals surface area contributed by atoms with Gasteiger partial charge in [-0.1, -0.05) is 125 Å².